The Kier molecular flexibility index (Phi) is 3.38. The van der Waals surface area contributed by atoms with E-state index < -0.39 is 9.84 Å². The van der Waals surface area contributed by atoms with Crippen LogP contribution in [0, 0.1) is 13.8 Å². The molecule has 0 spiro atoms. The van der Waals surface area contributed by atoms with E-state index in [4.69, 9.17) is 10.5 Å². The molecule has 0 heterocycles. The summed E-state index contributed by atoms with van der Waals surface area (Å²) in [5, 5.41) is -0.358. The molecule has 0 bridgehead atoms. The molecule has 1 aliphatic carbocycles. The van der Waals surface area contributed by atoms with Crippen molar-refractivity contribution >= 4 is 9.84 Å². The number of nitrogens with two attached hydrogens (primary N) is 1. The highest BCUT2D eigenvalue weighted by Crippen LogP contribution is 2.36. The SMILES string of the molecule is COc1cc(C)c(C)cc1S(=O)(=O)C1CC(N)C1. The van der Waals surface area contributed by atoms with Gasteiger partial charge in [0.1, 0.15) is 10.6 Å². The highest BCUT2D eigenvalue weighted by molar-refractivity contribution is 7.92. The van der Waals surface area contributed by atoms with Gasteiger partial charge in [-0.2, -0.15) is 0 Å². The minimum Gasteiger partial charge on any atom is -0.495 e. The lowest BCUT2D eigenvalue weighted by Crippen LogP contribution is -2.44. The second kappa shape index (κ2) is 4.55. The van der Waals surface area contributed by atoms with E-state index in [0.29, 0.717) is 23.5 Å². The van der Waals surface area contributed by atoms with Crippen molar-refractivity contribution in [3.05, 3.63) is 23.3 Å². The van der Waals surface area contributed by atoms with Gasteiger partial charge >= 0.3 is 0 Å². The molecule has 100 valence electrons. The van der Waals surface area contributed by atoms with Crippen LogP contribution in [0.1, 0.15) is 24.0 Å². The Bertz CT molecular complexity index is 560. The van der Waals surface area contributed by atoms with Gasteiger partial charge in [-0.1, -0.05) is 0 Å². The maximum atomic E-state index is 12.5. The molecule has 0 amide bonds. The summed E-state index contributed by atoms with van der Waals surface area (Å²) in [7, 11) is -1.83. The van der Waals surface area contributed by atoms with Crippen LogP contribution in [0.3, 0.4) is 0 Å². The Labute approximate surface area is 108 Å². The molecule has 18 heavy (non-hydrogen) atoms. The molecule has 5 heteroatoms. The average Bonchev–Trinajstić information content (AvgIpc) is 2.27. The normalized spacial score (nSPS) is 23.6. The summed E-state index contributed by atoms with van der Waals surface area (Å²) in [5.74, 6) is 0.429. The standard InChI is InChI=1S/C13H19NO3S/c1-8-4-12(17-3)13(5-9(8)2)18(15,16)11-6-10(14)7-11/h4-5,10-11H,6-7,14H2,1-3H3. The van der Waals surface area contributed by atoms with Crippen LogP contribution >= 0.6 is 0 Å². The van der Waals surface area contributed by atoms with Gasteiger partial charge < -0.3 is 10.5 Å². The number of hydrogen-bond acceptors (Lipinski definition) is 4. The molecule has 1 saturated carbocycles. The zero-order valence-corrected chi connectivity index (χ0v) is 11.8. The zero-order valence-electron chi connectivity index (χ0n) is 10.9. The molecule has 2 rings (SSSR count). The minimum atomic E-state index is -3.32. The maximum absolute atomic E-state index is 12.5. The summed E-state index contributed by atoms with van der Waals surface area (Å²) in [6.07, 6.45) is 1.08. The van der Waals surface area contributed by atoms with Crippen molar-refractivity contribution in [3.8, 4) is 5.75 Å². The summed E-state index contributed by atoms with van der Waals surface area (Å²) in [4.78, 5) is 0.296. The lowest BCUT2D eigenvalue weighted by atomic mass is 9.93. The van der Waals surface area contributed by atoms with Crippen LogP contribution in [0.4, 0.5) is 0 Å². The fraction of sp³-hybridized carbons (Fsp3) is 0.538. The van der Waals surface area contributed by atoms with E-state index in [1.54, 1.807) is 12.1 Å². The average molecular weight is 269 g/mol. The Balaban J connectivity index is 2.47. The van der Waals surface area contributed by atoms with Gasteiger partial charge in [0.25, 0.3) is 0 Å². The van der Waals surface area contributed by atoms with Crippen LogP contribution in [0.5, 0.6) is 5.75 Å². The molecule has 2 N–H and O–H groups in total. The third-order valence-corrected chi connectivity index (χ3v) is 5.85. The quantitative estimate of drug-likeness (QED) is 0.904. The molecule has 1 aliphatic rings. The smallest absolute Gasteiger partial charge is 0.185 e. The molecule has 0 unspecified atom stereocenters. The Morgan fingerprint density at radius 2 is 1.78 bits per heavy atom. The summed E-state index contributed by atoms with van der Waals surface area (Å²) in [5.41, 5.74) is 7.65. The van der Waals surface area contributed by atoms with Gasteiger partial charge in [0.2, 0.25) is 0 Å². The number of ether oxygens (including phenoxy) is 1. The third kappa shape index (κ3) is 2.12. The van der Waals surface area contributed by atoms with Crippen LogP contribution < -0.4 is 10.5 Å². The molecular formula is C13H19NO3S. The molecule has 0 aliphatic heterocycles. The number of hydrogen-bond donors (Lipinski definition) is 1. The molecule has 0 radical (unpaired) electrons. The van der Waals surface area contributed by atoms with E-state index >= 15 is 0 Å². The van der Waals surface area contributed by atoms with Crippen LogP contribution in [0.15, 0.2) is 17.0 Å². The molecule has 0 saturated heterocycles. The predicted molar refractivity (Wildman–Crippen MR) is 70.7 cm³/mol. The van der Waals surface area contributed by atoms with Crippen LogP contribution in [-0.4, -0.2) is 26.8 Å². The Hall–Kier alpha value is -1.07. The fourth-order valence-corrected chi connectivity index (χ4v) is 4.31. The monoisotopic (exact) mass is 269 g/mol. The van der Waals surface area contributed by atoms with Crippen molar-refractivity contribution in [1.82, 2.24) is 0 Å². The lowest BCUT2D eigenvalue weighted by Gasteiger charge is -2.32. The van der Waals surface area contributed by atoms with Crippen molar-refractivity contribution in [3.63, 3.8) is 0 Å². The third-order valence-electron chi connectivity index (χ3n) is 3.66. The highest BCUT2D eigenvalue weighted by atomic mass is 32.2. The fourth-order valence-electron chi connectivity index (χ4n) is 2.18. The van der Waals surface area contributed by atoms with E-state index in [-0.39, 0.29) is 11.3 Å². The first kappa shape index (κ1) is 13.4. The second-order valence-electron chi connectivity index (χ2n) is 4.99. The van der Waals surface area contributed by atoms with E-state index in [1.807, 2.05) is 13.8 Å². The number of methoxy groups -OCH3 is 1. The van der Waals surface area contributed by atoms with E-state index in [0.717, 1.165) is 11.1 Å². The number of rotatable bonds is 3. The lowest BCUT2D eigenvalue weighted by molar-refractivity contribution is 0.392. The largest absolute Gasteiger partial charge is 0.495 e. The topological polar surface area (TPSA) is 69.4 Å². The van der Waals surface area contributed by atoms with E-state index in [1.165, 1.54) is 7.11 Å². The highest BCUT2D eigenvalue weighted by Gasteiger charge is 2.39. The van der Waals surface area contributed by atoms with Crippen LogP contribution in [0.25, 0.3) is 0 Å². The molecule has 1 aromatic rings. The van der Waals surface area contributed by atoms with Crippen LogP contribution in [0.2, 0.25) is 0 Å². The van der Waals surface area contributed by atoms with Gasteiger partial charge in [-0.25, -0.2) is 8.42 Å². The summed E-state index contributed by atoms with van der Waals surface area (Å²) in [6.45, 7) is 3.84. The first-order valence-corrected chi connectivity index (χ1v) is 7.55. The van der Waals surface area contributed by atoms with Gasteiger partial charge in [0.15, 0.2) is 9.84 Å². The van der Waals surface area contributed by atoms with Crippen molar-refractivity contribution < 1.29 is 13.2 Å². The molecule has 4 nitrogen and oxygen atoms in total. The zero-order chi connectivity index (χ0) is 13.5. The van der Waals surface area contributed by atoms with E-state index in [2.05, 4.69) is 0 Å². The van der Waals surface area contributed by atoms with Gasteiger partial charge in [-0.15, -0.1) is 0 Å². The molecule has 1 aromatic carbocycles. The van der Waals surface area contributed by atoms with Crippen molar-refractivity contribution in [1.29, 1.82) is 0 Å². The van der Waals surface area contributed by atoms with Crippen molar-refractivity contribution in [2.45, 2.75) is 42.9 Å². The van der Waals surface area contributed by atoms with Crippen LogP contribution in [-0.2, 0) is 9.84 Å². The summed E-state index contributed by atoms with van der Waals surface area (Å²) >= 11 is 0. The van der Waals surface area contributed by atoms with Gasteiger partial charge in [0, 0.05) is 6.04 Å². The van der Waals surface area contributed by atoms with Gasteiger partial charge in [0.05, 0.1) is 12.4 Å². The predicted octanol–water partition coefficient (Wildman–Crippen LogP) is 1.58. The van der Waals surface area contributed by atoms with Gasteiger partial charge in [-0.3, -0.25) is 0 Å². The Morgan fingerprint density at radius 3 is 2.28 bits per heavy atom. The summed E-state index contributed by atoms with van der Waals surface area (Å²) in [6, 6.07) is 3.50. The number of sulfone groups is 1. The second-order valence-corrected chi connectivity index (χ2v) is 7.18. The van der Waals surface area contributed by atoms with Crippen molar-refractivity contribution in [2.24, 2.45) is 5.73 Å². The minimum absolute atomic E-state index is 0.0160. The first-order valence-electron chi connectivity index (χ1n) is 6.01. The molecule has 1 fully saturated rings. The van der Waals surface area contributed by atoms with E-state index in [9.17, 15) is 8.42 Å². The maximum Gasteiger partial charge on any atom is 0.185 e. The molecular weight excluding hydrogens is 250 g/mol. The summed E-state index contributed by atoms with van der Waals surface area (Å²) < 4.78 is 30.1. The number of benzene rings is 1. The first-order chi connectivity index (χ1) is 8.36. The Morgan fingerprint density at radius 1 is 1.22 bits per heavy atom. The van der Waals surface area contributed by atoms with Crippen molar-refractivity contribution in [2.75, 3.05) is 7.11 Å². The number of aryl methyl sites for hydroxylation is 2. The molecule has 0 atom stereocenters. The van der Waals surface area contributed by atoms with Gasteiger partial charge in [-0.05, 0) is 49.9 Å². The molecule has 0 aromatic heterocycles.